The summed E-state index contributed by atoms with van der Waals surface area (Å²) < 4.78 is 2.90. The first-order chi connectivity index (χ1) is 13.7. The molecule has 0 saturated heterocycles. The summed E-state index contributed by atoms with van der Waals surface area (Å²) in [5, 5.41) is 4.97. The van der Waals surface area contributed by atoms with Crippen LogP contribution in [0.2, 0.25) is 0 Å². The highest BCUT2D eigenvalue weighted by atomic mass is 32.2. The molecule has 0 bridgehead atoms. The van der Waals surface area contributed by atoms with Crippen LogP contribution in [0.4, 0.5) is 5.13 Å². The molecule has 0 atom stereocenters. The molecule has 4 aromatic rings. The summed E-state index contributed by atoms with van der Waals surface area (Å²) >= 11 is 3.27. The van der Waals surface area contributed by atoms with E-state index in [1.54, 1.807) is 22.9 Å². The lowest BCUT2D eigenvalue weighted by atomic mass is 10.2. The Morgan fingerprint density at radius 3 is 2.86 bits per heavy atom. The summed E-state index contributed by atoms with van der Waals surface area (Å²) in [7, 11) is 0. The number of carbonyl (C=O) groups is 1. The molecule has 4 rings (SSSR count). The molecule has 0 unspecified atom stereocenters. The van der Waals surface area contributed by atoms with E-state index < -0.39 is 0 Å². The van der Waals surface area contributed by atoms with Crippen LogP contribution < -0.4 is 4.90 Å². The van der Waals surface area contributed by atoms with Gasteiger partial charge in [-0.25, -0.2) is 4.98 Å². The molecule has 5 nitrogen and oxygen atoms in total. The van der Waals surface area contributed by atoms with Crippen molar-refractivity contribution in [2.45, 2.75) is 18.4 Å². The van der Waals surface area contributed by atoms with Gasteiger partial charge in [-0.2, -0.15) is 5.10 Å². The van der Waals surface area contributed by atoms with Gasteiger partial charge in [0.15, 0.2) is 5.13 Å². The number of para-hydroxylation sites is 1. The molecule has 0 saturated carbocycles. The average molecular weight is 409 g/mol. The fraction of sp³-hybridized carbons (Fsp3) is 0.190. The minimum absolute atomic E-state index is 0.0373. The van der Waals surface area contributed by atoms with Gasteiger partial charge in [0.05, 0.1) is 16.8 Å². The molecule has 142 valence electrons. The third kappa shape index (κ3) is 4.10. The average Bonchev–Trinajstić information content (AvgIpc) is 3.38. The van der Waals surface area contributed by atoms with Gasteiger partial charge in [0, 0.05) is 29.4 Å². The molecule has 1 amide bonds. The van der Waals surface area contributed by atoms with Crippen molar-refractivity contribution in [1.29, 1.82) is 0 Å². The number of thioether (sulfide) groups is 1. The van der Waals surface area contributed by atoms with Crippen LogP contribution in [0.25, 0.3) is 10.2 Å². The number of carbonyl (C=O) groups excluding carboxylic acids is 1. The standard InChI is InChI=1S/C21H20N4OS2/c1-2-27-17-8-5-7-16(15-17)20(26)25(14-13-24-12-6-11-22-24)21-23-18-9-3-4-10-19(18)28-21/h3-12,15H,2,13-14H2,1H3. The van der Waals surface area contributed by atoms with E-state index in [4.69, 9.17) is 4.98 Å². The lowest BCUT2D eigenvalue weighted by molar-refractivity contribution is 0.0985. The zero-order chi connectivity index (χ0) is 19.3. The van der Waals surface area contributed by atoms with Gasteiger partial charge in [-0.1, -0.05) is 36.5 Å². The van der Waals surface area contributed by atoms with Crippen molar-refractivity contribution in [3.63, 3.8) is 0 Å². The molecular formula is C21H20N4OS2. The number of anilines is 1. The van der Waals surface area contributed by atoms with Gasteiger partial charge in [0.2, 0.25) is 0 Å². The Kier molecular flexibility index (Phi) is 5.73. The predicted molar refractivity (Wildman–Crippen MR) is 116 cm³/mol. The van der Waals surface area contributed by atoms with E-state index in [1.165, 1.54) is 11.3 Å². The molecule has 28 heavy (non-hydrogen) atoms. The van der Waals surface area contributed by atoms with Crippen LogP contribution in [-0.2, 0) is 6.54 Å². The van der Waals surface area contributed by atoms with Gasteiger partial charge in [-0.3, -0.25) is 14.4 Å². The van der Waals surface area contributed by atoms with Crippen molar-refractivity contribution in [2.24, 2.45) is 0 Å². The largest absolute Gasteiger partial charge is 0.282 e. The molecule has 0 N–H and O–H groups in total. The number of aromatic nitrogens is 3. The quantitative estimate of drug-likeness (QED) is 0.406. The third-order valence-corrected chi connectivity index (χ3v) is 6.20. The highest BCUT2D eigenvalue weighted by molar-refractivity contribution is 7.99. The van der Waals surface area contributed by atoms with Crippen LogP contribution in [0.1, 0.15) is 17.3 Å². The first kappa shape index (κ1) is 18.7. The number of thiazole rings is 1. The Bertz CT molecular complexity index is 1040. The molecule has 0 radical (unpaired) electrons. The second kappa shape index (κ2) is 8.58. The maximum atomic E-state index is 13.4. The summed E-state index contributed by atoms with van der Waals surface area (Å²) in [5.74, 6) is 0.934. The van der Waals surface area contributed by atoms with Crippen LogP contribution in [0.3, 0.4) is 0 Å². The Labute approximate surface area is 172 Å². The van der Waals surface area contributed by atoms with Gasteiger partial charge in [0.25, 0.3) is 5.91 Å². The van der Waals surface area contributed by atoms with Crippen molar-refractivity contribution in [1.82, 2.24) is 14.8 Å². The van der Waals surface area contributed by atoms with Crippen LogP contribution >= 0.6 is 23.1 Å². The van der Waals surface area contributed by atoms with Crippen LogP contribution in [0, 0.1) is 0 Å². The Morgan fingerprint density at radius 2 is 2.07 bits per heavy atom. The SMILES string of the molecule is CCSc1cccc(C(=O)N(CCn2cccn2)c2nc3ccccc3s2)c1. The van der Waals surface area contributed by atoms with E-state index in [1.807, 2.05) is 65.5 Å². The molecule has 7 heteroatoms. The van der Waals surface area contributed by atoms with Crippen molar-refractivity contribution in [3.05, 3.63) is 72.6 Å². The summed E-state index contributed by atoms with van der Waals surface area (Å²) in [5.41, 5.74) is 1.59. The van der Waals surface area contributed by atoms with Gasteiger partial charge in [-0.15, -0.1) is 11.8 Å². The fourth-order valence-electron chi connectivity index (χ4n) is 2.94. The number of hydrogen-bond donors (Lipinski definition) is 0. The second-order valence-electron chi connectivity index (χ2n) is 6.15. The lowest BCUT2D eigenvalue weighted by Crippen LogP contribution is -2.34. The third-order valence-electron chi connectivity index (χ3n) is 4.26. The summed E-state index contributed by atoms with van der Waals surface area (Å²) in [6.45, 7) is 3.22. The number of rotatable bonds is 7. The van der Waals surface area contributed by atoms with Gasteiger partial charge >= 0.3 is 0 Å². The van der Waals surface area contributed by atoms with Crippen LogP contribution in [-0.4, -0.2) is 33.0 Å². The zero-order valence-corrected chi connectivity index (χ0v) is 17.1. The number of benzene rings is 2. The van der Waals surface area contributed by atoms with E-state index in [9.17, 15) is 4.79 Å². The summed E-state index contributed by atoms with van der Waals surface area (Å²) in [6.07, 6.45) is 3.65. The van der Waals surface area contributed by atoms with Gasteiger partial charge in [0.1, 0.15) is 0 Å². The maximum absolute atomic E-state index is 13.4. The maximum Gasteiger partial charge on any atom is 0.260 e. The molecule has 2 aromatic heterocycles. The summed E-state index contributed by atoms with van der Waals surface area (Å²) in [6, 6.07) is 17.7. The smallest absolute Gasteiger partial charge is 0.260 e. The highest BCUT2D eigenvalue weighted by Crippen LogP contribution is 2.30. The molecule has 0 fully saturated rings. The molecule has 0 aliphatic carbocycles. The Morgan fingerprint density at radius 1 is 1.18 bits per heavy atom. The minimum atomic E-state index is -0.0373. The Hall–Kier alpha value is -2.64. The normalized spacial score (nSPS) is 11.0. The molecule has 0 aliphatic heterocycles. The monoisotopic (exact) mass is 408 g/mol. The van der Waals surface area contributed by atoms with Gasteiger partial charge in [-0.05, 0) is 42.2 Å². The molecule has 2 aromatic carbocycles. The van der Waals surface area contributed by atoms with E-state index in [0.29, 0.717) is 23.8 Å². The predicted octanol–water partition coefficient (Wildman–Crippen LogP) is 4.95. The Balaban J connectivity index is 1.67. The second-order valence-corrected chi connectivity index (χ2v) is 8.50. The van der Waals surface area contributed by atoms with Crippen molar-refractivity contribution in [2.75, 3.05) is 17.2 Å². The highest BCUT2D eigenvalue weighted by Gasteiger charge is 2.21. The van der Waals surface area contributed by atoms with Crippen molar-refractivity contribution in [3.8, 4) is 0 Å². The first-order valence-electron chi connectivity index (χ1n) is 9.12. The number of nitrogens with zero attached hydrogens (tertiary/aromatic N) is 4. The molecular weight excluding hydrogens is 388 g/mol. The molecule has 2 heterocycles. The number of amides is 1. The van der Waals surface area contributed by atoms with Crippen LogP contribution in [0.5, 0.6) is 0 Å². The minimum Gasteiger partial charge on any atom is -0.282 e. The molecule has 0 aliphatic rings. The van der Waals surface area contributed by atoms with Crippen molar-refractivity contribution >= 4 is 44.4 Å². The number of fused-ring (bicyclic) bond motifs is 1. The topological polar surface area (TPSA) is 51.0 Å². The van der Waals surface area contributed by atoms with Crippen LogP contribution in [0.15, 0.2) is 71.9 Å². The number of hydrogen-bond acceptors (Lipinski definition) is 5. The first-order valence-corrected chi connectivity index (χ1v) is 10.9. The van der Waals surface area contributed by atoms with E-state index in [0.717, 1.165) is 20.9 Å². The summed E-state index contributed by atoms with van der Waals surface area (Å²) in [4.78, 5) is 21.0. The van der Waals surface area contributed by atoms with E-state index in [-0.39, 0.29) is 5.91 Å². The van der Waals surface area contributed by atoms with E-state index in [2.05, 4.69) is 12.0 Å². The molecule has 0 spiro atoms. The lowest BCUT2D eigenvalue weighted by Gasteiger charge is -2.20. The zero-order valence-electron chi connectivity index (χ0n) is 15.5. The van der Waals surface area contributed by atoms with E-state index >= 15 is 0 Å². The van der Waals surface area contributed by atoms with Crippen molar-refractivity contribution < 1.29 is 4.79 Å². The van der Waals surface area contributed by atoms with Gasteiger partial charge < -0.3 is 0 Å². The fourth-order valence-corrected chi connectivity index (χ4v) is 4.64.